The molecular formula is C53H74N4O14. The highest BCUT2D eigenvalue weighted by Gasteiger charge is 2.47. The number of ether oxygens (including phenoxy) is 5. The minimum absolute atomic E-state index is 0.00157. The Balaban J connectivity index is 0.000000315. The number of carbonyl (C=O) groups is 6. The monoisotopic (exact) mass is 991 g/mol. The van der Waals surface area contributed by atoms with Crippen LogP contribution in [0.5, 0.6) is 11.5 Å². The number of phenolic OH excluding ortho intramolecular Hbond substituents is 2. The lowest BCUT2D eigenvalue weighted by molar-refractivity contribution is -0.153. The largest absolute Gasteiger partial charge is 0.508 e. The van der Waals surface area contributed by atoms with Gasteiger partial charge in [-0.1, -0.05) is 96.1 Å². The molecule has 0 aliphatic carbocycles. The molecule has 390 valence electrons. The van der Waals surface area contributed by atoms with Gasteiger partial charge in [0.1, 0.15) is 35.7 Å². The van der Waals surface area contributed by atoms with Crippen molar-refractivity contribution in [3.63, 3.8) is 0 Å². The quantitative estimate of drug-likeness (QED) is 0.0742. The predicted molar refractivity (Wildman–Crippen MR) is 263 cm³/mol. The summed E-state index contributed by atoms with van der Waals surface area (Å²) >= 11 is 0. The molecule has 71 heavy (non-hydrogen) atoms. The van der Waals surface area contributed by atoms with Gasteiger partial charge < -0.3 is 59.4 Å². The molecular weight excluding hydrogens is 917 g/mol. The standard InChI is InChI=1S/C30H40N2O7.C23H34N2O7/c1-30(2,3)27(31-26(34)17-22-12-8-13-23(33)16-22)28(35)32-19-24(18-25(32)29(36)37-4)39-15-9-14-38-20-21-10-6-5-7-11-21;1-23(2,3)20(24-19(28)12-15-7-5-8-16(27)11-15)21(29)25-14-17(32-10-6-9-26)13-18(25)22(30)31-4/h5-8,10-13,16,24-25,27,33H,9,14-15,17-20H2,1-4H3,(H,31,34);5,7-8,11,17-18,20,26-27H,6,9-10,12-14H2,1-4H3,(H,24,28)/t24-,25-,27+;17-,18-,20+/m00/s1. The van der Waals surface area contributed by atoms with Gasteiger partial charge in [0.05, 0.1) is 45.9 Å². The van der Waals surface area contributed by atoms with Crippen molar-refractivity contribution in [3.8, 4) is 11.5 Å². The average Bonchev–Trinajstić information content (AvgIpc) is 3.95. The zero-order chi connectivity index (χ0) is 52.3. The summed E-state index contributed by atoms with van der Waals surface area (Å²) in [7, 11) is 2.56. The topological polar surface area (TPSA) is 240 Å². The zero-order valence-corrected chi connectivity index (χ0v) is 42.4. The number of nitrogens with zero attached hydrogens (tertiary/aromatic N) is 2. The molecule has 0 radical (unpaired) electrons. The van der Waals surface area contributed by atoms with Crippen LogP contribution in [0.25, 0.3) is 0 Å². The van der Waals surface area contributed by atoms with Crippen LogP contribution in [0.2, 0.25) is 0 Å². The number of methoxy groups -OCH3 is 2. The van der Waals surface area contributed by atoms with E-state index in [9.17, 15) is 39.0 Å². The van der Waals surface area contributed by atoms with Crippen LogP contribution < -0.4 is 10.6 Å². The van der Waals surface area contributed by atoms with Crippen molar-refractivity contribution in [2.24, 2.45) is 10.8 Å². The molecule has 3 aromatic carbocycles. The van der Waals surface area contributed by atoms with E-state index in [1.165, 1.54) is 48.3 Å². The van der Waals surface area contributed by atoms with Crippen LogP contribution in [0.4, 0.5) is 0 Å². The Kier molecular flexibility index (Phi) is 22.3. The number of nitrogens with one attached hydrogen (secondary N) is 2. The molecule has 2 heterocycles. The number of rotatable bonds is 21. The van der Waals surface area contributed by atoms with E-state index in [-0.39, 0.29) is 86.3 Å². The number of amides is 4. The molecule has 2 fully saturated rings. The molecule has 0 saturated carbocycles. The fraction of sp³-hybridized carbons (Fsp3) is 0.547. The third-order valence-electron chi connectivity index (χ3n) is 12.0. The smallest absolute Gasteiger partial charge is 0.328 e. The predicted octanol–water partition coefficient (Wildman–Crippen LogP) is 4.24. The van der Waals surface area contributed by atoms with Crippen LogP contribution in [-0.2, 0) is 71.9 Å². The summed E-state index contributed by atoms with van der Waals surface area (Å²) in [6.45, 7) is 13.3. The van der Waals surface area contributed by atoms with Crippen molar-refractivity contribution < 1.29 is 67.8 Å². The molecule has 0 bridgehead atoms. The summed E-state index contributed by atoms with van der Waals surface area (Å²) in [5.74, 6) is -2.39. The number of hydrogen-bond donors (Lipinski definition) is 5. The summed E-state index contributed by atoms with van der Waals surface area (Å²) in [5, 5.41) is 33.9. The molecule has 5 N–H and O–H groups in total. The first-order valence-electron chi connectivity index (χ1n) is 24.0. The number of phenols is 2. The van der Waals surface area contributed by atoms with E-state index in [1.807, 2.05) is 71.9 Å². The normalized spacial score (nSPS) is 18.7. The molecule has 3 aromatic rings. The van der Waals surface area contributed by atoms with Gasteiger partial charge in [-0.05, 0) is 64.6 Å². The SMILES string of the molecule is COC(=O)[C@@H]1C[C@H](OCCCO)CN1C(=O)[C@@H](NC(=O)Cc1cccc(O)c1)C(C)(C)C.COC(=O)[C@@H]1C[C@H](OCCCOCc2ccccc2)CN1C(=O)[C@@H](NC(=O)Cc1cccc(O)c1)C(C)(C)C. The van der Waals surface area contributed by atoms with Gasteiger partial charge in [0.25, 0.3) is 0 Å². The maximum absolute atomic E-state index is 13.7. The van der Waals surface area contributed by atoms with Gasteiger partial charge >= 0.3 is 11.9 Å². The number of aromatic hydroxyl groups is 2. The van der Waals surface area contributed by atoms with Gasteiger partial charge in [0, 0.05) is 52.4 Å². The number of hydrogen-bond acceptors (Lipinski definition) is 14. The van der Waals surface area contributed by atoms with Gasteiger partial charge in [-0.15, -0.1) is 0 Å². The second-order valence-electron chi connectivity index (χ2n) is 19.9. The zero-order valence-electron chi connectivity index (χ0n) is 42.4. The summed E-state index contributed by atoms with van der Waals surface area (Å²) in [5.41, 5.74) is 1.10. The van der Waals surface area contributed by atoms with Crippen LogP contribution in [0.1, 0.15) is 83.9 Å². The van der Waals surface area contributed by atoms with Gasteiger partial charge in [0.15, 0.2) is 0 Å². The second kappa shape index (κ2) is 27.5. The van der Waals surface area contributed by atoms with Gasteiger partial charge in [-0.2, -0.15) is 0 Å². The Hall–Kier alpha value is -6.08. The average molecular weight is 991 g/mol. The maximum atomic E-state index is 13.7. The molecule has 18 heteroatoms. The van der Waals surface area contributed by atoms with E-state index in [0.717, 1.165) is 5.56 Å². The lowest BCUT2D eigenvalue weighted by Gasteiger charge is -2.35. The molecule has 2 aliphatic rings. The number of benzene rings is 3. The van der Waals surface area contributed by atoms with Gasteiger partial charge in [0.2, 0.25) is 23.6 Å². The first-order chi connectivity index (χ1) is 33.6. The highest BCUT2D eigenvalue weighted by molar-refractivity contribution is 5.93. The fourth-order valence-electron chi connectivity index (χ4n) is 8.29. The van der Waals surface area contributed by atoms with E-state index in [0.29, 0.717) is 56.8 Å². The van der Waals surface area contributed by atoms with Crippen molar-refractivity contribution in [2.45, 2.75) is 123 Å². The second-order valence-corrected chi connectivity index (χ2v) is 19.9. The first-order valence-corrected chi connectivity index (χ1v) is 24.0. The fourth-order valence-corrected chi connectivity index (χ4v) is 8.29. The van der Waals surface area contributed by atoms with Gasteiger partial charge in [-0.3, -0.25) is 19.2 Å². The van der Waals surface area contributed by atoms with E-state index in [1.54, 1.807) is 24.3 Å². The Morgan fingerprint density at radius 3 is 1.42 bits per heavy atom. The van der Waals surface area contributed by atoms with E-state index >= 15 is 0 Å². The van der Waals surface area contributed by atoms with E-state index in [2.05, 4.69) is 10.6 Å². The van der Waals surface area contributed by atoms with Crippen LogP contribution in [0, 0.1) is 10.8 Å². The summed E-state index contributed by atoms with van der Waals surface area (Å²) in [4.78, 5) is 80.6. The molecule has 2 saturated heterocycles. The summed E-state index contributed by atoms with van der Waals surface area (Å²) < 4.78 is 27.3. The molecule has 0 aromatic heterocycles. The third kappa shape index (κ3) is 18.2. The van der Waals surface area contributed by atoms with Crippen molar-refractivity contribution >= 4 is 35.6 Å². The van der Waals surface area contributed by atoms with Crippen LogP contribution in [0.15, 0.2) is 78.9 Å². The molecule has 18 nitrogen and oxygen atoms in total. The van der Waals surface area contributed by atoms with Crippen molar-refractivity contribution in [1.82, 2.24) is 20.4 Å². The van der Waals surface area contributed by atoms with E-state index in [4.69, 9.17) is 28.8 Å². The third-order valence-corrected chi connectivity index (χ3v) is 12.0. The summed E-state index contributed by atoms with van der Waals surface area (Å²) in [6.07, 6.45) is 1.05. The number of carbonyl (C=O) groups excluding carboxylic acids is 6. The van der Waals surface area contributed by atoms with Crippen LogP contribution in [-0.4, -0.2) is 151 Å². The lowest BCUT2D eigenvalue weighted by Crippen LogP contribution is -2.57. The van der Waals surface area contributed by atoms with Crippen molar-refractivity contribution in [3.05, 3.63) is 95.6 Å². The Labute approximate surface area is 417 Å². The Bertz CT molecular complexity index is 2210. The van der Waals surface area contributed by atoms with Crippen LogP contribution >= 0.6 is 0 Å². The highest BCUT2D eigenvalue weighted by Crippen LogP contribution is 2.30. The number of likely N-dealkylation sites (tertiary alicyclic amines) is 2. The highest BCUT2D eigenvalue weighted by atomic mass is 16.5. The number of aliphatic hydroxyl groups is 1. The lowest BCUT2D eigenvalue weighted by atomic mass is 9.85. The van der Waals surface area contributed by atoms with Crippen molar-refractivity contribution in [1.29, 1.82) is 0 Å². The molecule has 2 aliphatic heterocycles. The molecule has 0 unspecified atom stereocenters. The number of aliphatic hydroxyl groups excluding tert-OH is 1. The molecule has 0 spiro atoms. The van der Waals surface area contributed by atoms with Gasteiger partial charge in [-0.25, -0.2) is 9.59 Å². The molecule has 4 amide bonds. The van der Waals surface area contributed by atoms with E-state index < -0.39 is 46.9 Å². The minimum Gasteiger partial charge on any atom is -0.508 e. The molecule has 6 atom stereocenters. The Morgan fingerprint density at radius 2 is 1.03 bits per heavy atom. The van der Waals surface area contributed by atoms with Crippen LogP contribution in [0.3, 0.4) is 0 Å². The minimum atomic E-state index is -0.879. The Morgan fingerprint density at radius 1 is 0.606 bits per heavy atom. The van der Waals surface area contributed by atoms with Crippen molar-refractivity contribution in [2.75, 3.05) is 53.7 Å². The number of esters is 2. The summed E-state index contributed by atoms with van der Waals surface area (Å²) in [6, 6.07) is 19.4. The molecule has 5 rings (SSSR count). The maximum Gasteiger partial charge on any atom is 0.328 e. The first kappa shape index (κ1) is 57.5.